The number of piperidine rings is 1. The van der Waals surface area contributed by atoms with Gasteiger partial charge in [0.1, 0.15) is 5.69 Å². The molecule has 0 bridgehead atoms. The van der Waals surface area contributed by atoms with Crippen LogP contribution in [0.2, 0.25) is 0 Å². The van der Waals surface area contributed by atoms with Crippen LogP contribution < -0.4 is 10.2 Å². The van der Waals surface area contributed by atoms with E-state index in [0.717, 1.165) is 0 Å². The summed E-state index contributed by atoms with van der Waals surface area (Å²) in [6, 6.07) is 9.76. The number of hydrogen-bond acceptors (Lipinski definition) is 8. The zero-order valence-electron chi connectivity index (χ0n) is 15.4. The molecule has 9 nitrogen and oxygen atoms in total. The third kappa shape index (κ3) is 5.17. The van der Waals surface area contributed by atoms with Crippen molar-refractivity contribution in [1.29, 1.82) is 0 Å². The fourth-order valence-corrected chi connectivity index (χ4v) is 3.75. The van der Waals surface area contributed by atoms with Crippen molar-refractivity contribution in [2.24, 2.45) is 5.92 Å². The van der Waals surface area contributed by atoms with Crippen LogP contribution in [0.4, 0.5) is 11.4 Å². The molecule has 0 atom stereocenters. The summed E-state index contributed by atoms with van der Waals surface area (Å²) in [6.45, 7) is 0.404. The first-order valence-corrected chi connectivity index (χ1v) is 9.86. The first kappa shape index (κ1) is 20.5. The molecule has 152 valence electrons. The molecule has 0 unspecified atom stereocenters. The van der Waals surface area contributed by atoms with Crippen LogP contribution in [0.5, 0.6) is 0 Å². The number of amides is 2. The van der Waals surface area contributed by atoms with Crippen LogP contribution in [-0.2, 0) is 14.3 Å². The minimum atomic E-state index is -0.686. The molecule has 1 fully saturated rings. The van der Waals surface area contributed by atoms with Crippen LogP contribution in [0.15, 0.2) is 41.8 Å². The molecule has 1 aromatic heterocycles. The quantitative estimate of drug-likeness (QED) is 0.435. The number of nitro benzene ring substituents is 1. The van der Waals surface area contributed by atoms with E-state index in [1.54, 1.807) is 35.7 Å². The number of carbonyl (C=O) groups excluding carboxylic acids is 3. The fraction of sp³-hybridized carbons (Fsp3) is 0.316. The molecule has 29 heavy (non-hydrogen) atoms. The maximum atomic E-state index is 12.2. The Morgan fingerprint density at radius 1 is 1.17 bits per heavy atom. The number of esters is 1. The van der Waals surface area contributed by atoms with Crippen molar-refractivity contribution < 1.29 is 24.0 Å². The summed E-state index contributed by atoms with van der Waals surface area (Å²) in [5.74, 6) is -2.12. The third-order valence-corrected chi connectivity index (χ3v) is 5.46. The molecule has 3 rings (SSSR count). The van der Waals surface area contributed by atoms with Crippen LogP contribution >= 0.6 is 11.3 Å². The molecule has 0 saturated carbocycles. The number of para-hydroxylation sites is 2. The molecule has 2 aromatic rings. The average molecular weight is 417 g/mol. The lowest BCUT2D eigenvalue weighted by Crippen LogP contribution is -2.39. The lowest BCUT2D eigenvalue weighted by Gasteiger charge is -2.32. The third-order valence-electron chi connectivity index (χ3n) is 4.59. The van der Waals surface area contributed by atoms with Crippen molar-refractivity contribution in [3.8, 4) is 0 Å². The van der Waals surface area contributed by atoms with Gasteiger partial charge in [-0.15, -0.1) is 11.3 Å². The van der Waals surface area contributed by atoms with Gasteiger partial charge < -0.3 is 9.64 Å². The lowest BCUT2D eigenvalue weighted by atomic mass is 9.96. The van der Waals surface area contributed by atoms with E-state index in [1.165, 1.54) is 17.4 Å². The first-order valence-electron chi connectivity index (χ1n) is 8.98. The Labute approximate surface area is 170 Å². The van der Waals surface area contributed by atoms with E-state index in [0.29, 0.717) is 36.5 Å². The van der Waals surface area contributed by atoms with E-state index < -0.39 is 35.2 Å². The molecule has 0 spiro atoms. The zero-order chi connectivity index (χ0) is 20.8. The Bertz CT molecular complexity index is 906. The number of hydrogen-bond donors (Lipinski definition) is 1. The van der Waals surface area contributed by atoms with Gasteiger partial charge in [0.2, 0.25) is 0 Å². The Balaban J connectivity index is 1.46. The Morgan fingerprint density at radius 3 is 2.55 bits per heavy atom. The topological polar surface area (TPSA) is 119 Å². The van der Waals surface area contributed by atoms with Crippen LogP contribution in [0.25, 0.3) is 0 Å². The predicted molar refractivity (Wildman–Crippen MR) is 106 cm³/mol. The monoisotopic (exact) mass is 417 g/mol. The second-order valence-corrected chi connectivity index (χ2v) is 7.42. The number of imide groups is 1. The van der Waals surface area contributed by atoms with Crippen molar-refractivity contribution in [3.63, 3.8) is 0 Å². The highest BCUT2D eigenvalue weighted by atomic mass is 32.1. The summed E-state index contributed by atoms with van der Waals surface area (Å²) in [4.78, 5) is 48.8. The van der Waals surface area contributed by atoms with E-state index in [4.69, 9.17) is 4.74 Å². The Kier molecular flexibility index (Phi) is 6.55. The summed E-state index contributed by atoms with van der Waals surface area (Å²) in [5.41, 5.74) is 0.552. The average Bonchev–Trinajstić information content (AvgIpc) is 3.27. The molecule has 0 radical (unpaired) electrons. The van der Waals surface area contributed by atoms with Gasteiger partial charge in [0, 0.05) is 19.2 Å². The standard InChI is InChI=1S/C19H19N3O6S/c23-17(20-18(24)16-6-3-11-29-16)12-28-19(25)13-7-9-21(10-8-13)14-4-1-2-5-15(14)22(26)27/h1-6,11,13H,7-10,12H2,(H,20,23,24). The fourth-order valence-electron chi connectivity index (χ4n) is 3.13. The number of rotatable bonds is 6. The summed E-state index contributed by atoms with van der Waals surface area (Å²) >= 11 is 1.20. The van der Waals surface area contributed by atoms with Gasteiger partial charge in [-0.1, -0.05) is 18.2 Å². The first-order chi connectivity index (χ1) is 14.0. The van der Waals surface area contributed by atoms with Crippen molar-refractivity contribution in [3.05, 3.63) is 56.8 Å². The molecule has 2 heterocycles. The molecule has 1 aliphatic rings. The molecular weight excluding hydrogens is 398 g/mol. The van der Waals surface area contributed by atoms with E-state index >= 15 is 0 Å². The number of nitrogens with one attached hydrogen (secondary N) is 1. The van der Waals surface area contributed by atoms with Gasteiger partial charge >= 0.3 is 5.97 Å². The molecule has 0 aliphatic carbocycles. The Hall–Kier alpha value is -3.27. The van der Waals surface area contributed by atoms with Crippen LogP contribution in [0.1, 0.15) is 22.5 Å². The van der Waals surface area contributed by atoms with E-state index in [9.17, 15) is 24.5 Å². The molecule has 10 heteroatoms. The molecular formula is C19H19N3O6S. The predicted octanol–water partition coefficient (Wildman–Crippen LogP) is 2.37. The summed E-state index contributed by atoms with van der Waals surface area (Å²) < 4.78 is 5.04. The highest BCUT2D eigenvalue weighted by Gasteiger charge is 2.29. The summed E-state index contributed by atoms with van der Waals surface area (Å²) in [7, 11) is 0. The minimum absolute atomic E-state index is 0.0283. The van der Waals surface area contributed by atoms with Crippen molar-refractivity contribution >= 4 is 40.5 Å². The summed E-state index contributed by atoms with van der Waals surface area (Å²) in [6.07, 6.45) is 0.918. The zero-order valence-corrected chi connectivity index (χ0v) is 16.2. The largest absolute Gasteiger partial charge is 0.455 e. The van der Waals surface area contributed by atoms with Gasteiger partial charge in [0.15, 0.2) is 6.61 Å². The number of benzene rings is 1. The van der Waals surface area contributed by atoms with Crippen molar-refractivity contribution in [1.82, 2.24) is 5.32 Å². The van der Waals surface area contributed by atoms with Gasteiger partial charge in [-0.3, -0.25) is 29.8 Å². The number of anilines is 1. The second kappa shape index (κ2) is 9.28. The van der Waals surface area contributed by atoms with Crippen LogP contribution in [-0.4, -0.2) is 42.4 Å². The van der Waals surface area contributed by atoms with E-state index in [2.05, 4.69) is 5.32 Å². The summed E-state index contributed by atoms with van der Waals surface area (Å²) in [5, 5.41) is 15.1. The highest BCUT2D eigenvalue weighted by molar-refractivity contribution is 7.12. The van der Waals surface area contributed by atoms with Crippen LogP contribution in [0, 0.1) is 16.0 Å². The number of thiophene rings is 1. The van der Waals surface area contributed by atoms with Gasteiger partial charge in [-0.05, 0) is 30.4 Å². The smallest absolute Gasteiger partial charge is 0.309 e. The normalized spacial score (nSPS) is 14.3. The van der Waals surface area contributed by atoms with Gasteiger partial charge in [0.05, 0.1) is 15.7 Å². The number of nitro groups is 1. The lowest BCUT2D eigenvalue weighted by molar-refractivity contribution is -0.384. The van der Waals surface area contributed by atoms with Crippen molar-refractivity contribution in [2.45, 2.75) is 12.8 Å². The molecule has 1 saturated heterocycles. The molecule has 1 N–H and O–H groups in total. The number of ether oxygens (including phenoxy) is 1. The molecule has 2 amide bonds. The van der Waals surface area contributed by atoms with E-state index in [1.807, 2.05) is 4.90 Å². The van der Waals surface area contributed by atoms with Gasteiger partial charge in [-0.2, -0.15) is 0 Å². The second-order valence-electron chi connectivity index (χ2n) is 6.47. The van der Waals surface area contributed by atoms with Gasteiger partial charge in [0.25, 0.3) is 17.5 Å². The molecule has 1 aromatic carbocycles. The van der Waals surface area contributed by atoms with Crippen LogP contribution in [0.3, 0.4) is 0 Å². The maximum Gasteiger partial charge on any atom is 0.309 e. The van der Waals surface area contributed by atoms with E-state index in [-0.39, 0.29) is 5.69 Å². The SMILES string of the molecule is O=C(COC(=O)C1CCN(c2ccccc2[N+](=O)[O-])CC1)NC(=O)c1cccs1. The maximum absolute atomic E-state index is 12.2. The number of nitrogens with zero attached hydrogens (tertiary/aromatic N) is 2. The Morgan fingerprint density at radius 2 is 1.90 bits per heavy atom. The molecule has 1 aliphatic heterocycles. The highest BCUT2D eigenvalue weighted by Crippen LogP contribution is 2.31. The number of carbonyl (C=O) groups is 3. The minimum Gasteiger partial charge on any atom is -0.455 e. The van der Waals surface area contributed by atoms with Crippen molar-refractivity contribution in [2.75, 3.05) is 24.6 Å². The van der Waals surface area contributed by atoms with Gasteiger partial charge in [-0.25, -0.2) is 0 Å².